The standard InChI is InChI=1S/C17H19NO2/c1-13-4-3-5-16(18-13)12-20-17-10-8-15(9-11-17)7-6-14(2)19/h3-5,8-11H,6-7,12H2,1-2H3. The van der Waals surface area contributed by atoms with E-state index in [-0.39, 0.29) is 5.78 Å². The van der Waals surface area contributed by atoms with Gasteiger partial charge in [-0.15, -0.1) is 0 Å². The molecule has 0 fully saturated rings. The number of hydrogen-bond donors (Lipinski definition) is 0. The molecule has 1 aromatic heterocycles. The highest BCUT2D eigenvalue weighted by molar-refractivity contribution is 5.75. The second-order valence-electron chi connectivity index (χ2n) is 4.90. The summed E-state index contributed by atoms with van der Waals surface area (Å²) in [6, 6.07) is 13.8. The van der Waals surface area contributed by atoms with E-state index in [1.54, 1.807) is 6.92 Å². The van der Waals surface area contributed by atoms with Crippen LogP contribution < -0.4 is 4.74 Å². The van der Waals surface area contributed by atoms with E-state index in [9.17, 15) is 4.79 Å². The molecule has 0 radical (unpaired) electrons. The SMILES string of the molecule is CC(=O)CCc1ccc(OCc2cccc(C)n2)cc1. The highest BCUT2D eigenvalue weighted by Crippen LogP contribution is 2.15. The molecule has 0 spiro atoms. The first kappa shape index (κ1) is 14.3. The summed E-state index contributed by atoms with van der Waals surface area (Å²) in [6.45, 7) is 4.05. The van der Waals surface area contributed by atoms with Gasteiger partial charge in [-0.05, 0) is 50.1 Å². The first-order valence-corrected chi connectivity index (χ1v) is 6.77. The van der Waals surface area contributed by atoms with E-state index in [1.165, 1.54) is 0 Å². The number of ether oxygens (including phenoxy) is 1. The topological polar surface area (TPSA) is 39.2 Å². The van der Waals surface area contributed by atoms with Gasteiger partial charge in [0, 0.05) is 12.1 Å². The molecule has 0 aliphatic carbocycles. The Bertz CT molecular complexity index is 576. The molecule has 0 unspecified atom stereocenters. The third-order valence-electron chi connectivity index (χ3n) is 3.02. The second kappa shape index (κ2) is 6.85. The van der Waals surface area contributed by atoms with Crippen LogP contribution in [0.4, 0.5) is 0 Å². The minimum atomic E-state index is 0.218. The highest BCUT2D eigenvalue weighted by Gasteiger charge is 2.00. The fourth-order valence-corrected chi connectivity index (χ4v) is 1.91. The highest BCUT2D eigenvalue weighted by atomic mass is 16.5. The summed E-state index contributed by atoms with van der Waals surface area (Å²) in [4.78, 5) is 15.3. The number of carbonyl (C=O) groups is 1. The summed E-state index contributed by atoms with van der Waals surface area (Å²) in [6.07, 6.45) is 1.38. The number of aryl methyl sites for hydroxylation is 2. The van der Waals surface area contributed by atoms with Gasteiger partial charge in [0.1, 0.15) is 18.1 Å². The quantitative estimate of drug-likeness (QED) is 0.805. The minimum Gasteiger partial charge on any atom is -0.487 e. The third-order valence-corrected chi connectivity index (χ3v) is 3.02. The van der Waals surface area contributed by atoms with Gasteiger partial charge in [-0.3, -0.25) is 4.98 Å². The predicted octanol–water partition coefficient (Wildman–Crippen LogP) is 3.49. The van der Waals surface area contributed by atoms with Crippen LogP contribution in [0.15, 0.2) is 42.5 Å². The zero-order valence-corrected chi connectivity index (χ0v) is 11.9. The Kier molecular flexibility index (Phi) is 4.88. The number of hydrogen-bond acceptors (Lipinski definition) is 3. The van der Waals surface area contributed by atoms with Crippen molar-refractivity contribution < 1.29 is 9.53 Å². The lowest BCUT2D eigenvalue weighted by atomic mass is 10.1. The number of aromatic nitrogens is 1. The Labute approximate surface area is 119 Å². The van der Waals surface area contributed by atoms with Crippen LogP contribution in [0, 0.1) is 6.92 Å². The fourth-order valence-electron chi connectivity index (χ4n) is 1.91. The maximum Gasteiger partial charge on any atom is 0.130 e. The number of ketones is 1. The van der Waals surface area contributed by atoms with Crippen molar-refractivity contribution in [2.24, 2.45) is 0 Å². The van der Waals surface area contributed by atoms with Crippen LogP contribution in [0.3, 0.4) is 0 Å². The largest absolute Gasteiger partial charge is 0.487 e. The minimum absolute atomic E-state index is 0.218. The smallest absolute Gasteiger partial charge is 0.130 e. The van der Waals surface area contributed by atoms with Crippen LogP contribution in [-0.2, 0) is 17.8 Å². The van der Waals surface area contributed by atoms with Gasteiger partial charge in [0.25, 0.3) is 0 Å². The molecule has 104 valence electrons. The molecule has 0 aliphatic rings. The summed E-state index contributed by atoms with van der Waals surface area (Å²) in [5.74, 6) is 1.04. The van der Waals surface area contributed by atoms with Crippen molar-refractivity contribution in [3.63, 3.8) is 0 Å². The van der Waals surface area contributed by atoms with Crippen molar-refractivity contribution in [2.75, 3.05) is 0 Å². The van der Waals surface area contributed by atoms with E-state index in [1.807, 2.05) is 49.4 Å². The Balaban J connectivity index is 1.89. The number of carbonyl (C=O) groups excluding carboxylic acids is 1. The van der Waals surface area contributed by atoms with Crippen molar-refractivity contribution in [1.29, 1.82) is 0 Å². The van der Waals surface area contributed by atoms with E-state index in [0.717, 1.165) is 29.1 Å². The van der Waals surface area contributed by atoms with Crippen LogP contribution in [0.5, 0.6) is 5.75 Å². The molecular formula is C17H19NO2. The summed E-state index contributed by atoms with van der Waals surface area (Å²) >= 11 is 0. The molecule has 1 aromatic carbocycles. The van der Waals surface area contributed by atoms with Crippen molar-refractivity contribution in [3.8, 4) is 5.75 Å². The average molecular weight is 269 g/mol. The fraction of sp³-hybridized carbons (Fsp3) is 0.294. The molecule has 0 saturated carbocycles. The van der Waals surface area contributed by atoms with Crippen molar-refractivity contribution in [3.05, 3.63) is 59.4 Å². The molecule has 20 heavy (non-hydrogen) atoms. The van der Waals surface area contributed by atoms with Gasteiger partial charge in [0.2, 0.25) is 0 Å². The van der Waals surface area contributed by atoms with Crippen LogP contribution in [0.1, 0.15) is 30.3 Å². The molecule has 0 saturated heterocycles. The third kappa shape index (κ3) is 4.50. The van der Waals surface area contributed by atoms with Gasteiger partial charge in [-0.1, -0.05) is 18.2 Å². The predicted molar refractivity (Wildman–Crippen MR) is 78.8 cm³/mol. The molecular weight excluding hydrogens is 250 g/mol. The number of rotatable bonds is 6. The maximum absolute atomic E-state index is 10.9. The molecule has 0 bridgehead atoms. The van der Waals surface area contributed by atoms with Crippen molar-refractivity contribution >= 4 is 5.78 Å². The van der Waals surface area contributed by atoms with Gasteiger partial charge in [0.05, 0.1) is 5.69 Å². The van der Waals surface area contributed by atoms with Gasteiger partial charge >= 0.3 is 0 Å². The van der Waals surface area contributed by atoms with E-state index in [0.29, 0.717) is 13.0 Å². The number of pyridine rings is 1. The molecule has 0 aliphatic heterocycles. The molecule has 3 nitrogen and oxygen atoms in total. The number of Topliss-reactive ketones (excluding diaryl/α,β-unsaturated/α-hetero) is 1. The van der Waals surface area contributed by atoms with Crippen molar-refractivity contribution in [2.45, 2.75) is 33.3 Å². The summed E-state index contributed by atoms with van der Waals surface area (Å²) in [5.41, 5.74) is 3.07. The average Bonchev–Trinajstić information content (AvgIpc) is 2.44. The van der Waals surface area contributed by atoms with Gasteiger partial charge in [-0.25, -0.2) is 0 Å². The lowest BCUT2D eigenvalue weighted by Gasteiger charge is -2.07. The molecule has 2 aromatic rings. The maximum atomic E-state index is 10.9. The summed E-state index contributed by atoms with van der Waals surface area (Å²) in [5, 5.41) is 0. The number of nitrogens with zero attached hydrogens (tertiary/aromatic N) is 1. The van der Waals surface area contributed by atoms with E-state index in [2.05, 4.69) is 4.98 Å². The van der Waals surface area contributed by atoms with Gasteiger partial charge in [-0.2, -0.15) is 0 Å². The van der Waals surface area contributed by atoms with Crippen LogP contribution in [0.2, 0.25) is 0 Å². The van der Waals surface area contributed by atoms with Crippen LogP contribution in [-0.4, -0.2) is 10.8 Å². The lowest BCUT2D eigenvalue weighted by molar-refractivity contribution is -0.116. The van der Waals surface area contributed by atoms with Crippen molar-refractivity contribution in [1.82, 2.24) is 4.98 Å². The summed E-state index contributed by atoms with van der Waals surface area (Å²) in [7, 11) is 0. The molecule has 0 amide bonds. The lowest BCUT2D eigenvalue weighted by Crippen LogP contribution is -1.99. The van der Waals surface area contributed by atoms with Gasteiger partial charge in [0.15, 0.2) is 0 Å². The zero-order chi connectivity index (χ0) is 14.4. The monoisotopic (exact) mass is 269 g/mol. The first-order valence-electron chi connectivity index (χ1n) is 6.77. The molecule has 2 rings (SSSR count). The first-order chi connectivity index (χ1) is 9.63. The molecule has 1 heterocycles. The van der Waals surface area contributed by atoms with E-state index in [4.69, 9.17) is 4.74 Å². The number of benzene rings is 1. The normalized spacial score (nSPS) is 10.3. The van der Waals surface area contributed by atoms with E-state index >= 15 is 0 Å². The Morgan fingerprint density at radius 3 is 2.55 bits per heavy atom. The van der Waals surface area contributed by atoms with E-state index < -0.39 is 0 Å². The van der Waals surface area contributed by atoms with Crippen LogP contribution >= 0.6 is 0 Å². The molecule has 3 heteroatoms. The van der Waals surface area contributed by atoms with Crippen LogP contribution in [0.25, 0.3) is 0 Å². The Morgan fingerprint density at radius 2 is 1.90 bits per heavy atom. The molecule has 0 N–H and O–H groups in total. The molecule has 0 atom stereocenters. The second-order valence-corrected chi connectivity index (χ2v) is 4.90. The van der Waals surface area contributed by atoms with Gasteiger partial charge < -0.3 is 9.53 Å². The Morgan fingerprint density at radius 1 is 1.15 bits per heavy atom. The Hall–Kier alpha value is -2.16. The summed E-state index contributed by atoms with van der Waals surface area (Å²) < 4.78 is 5.70. The zero-order valence-electron chi connectivity index (χ0n) is 11.9.